The second kappa shape index (κ2) is 8.00. The Hall–Kier alpha value is -1.42. The Morgan fingerprint density at radius 3 is 2.65 bits per heavy atom. The number of hydrogen-bond donors (Lipinski definition) is 2. The first-order valence-corrected chi connectivity index (χ1v) is 7.26. The molecule has 0 spiro atoms. The van der Waals surface area contributed by atoms with Gasteiger partial charge in [-0.3, -0.25) is 11.3 Å². The van der Waals surface area contributed by atoms with E-state index in [9.17, 15) is 0 Å². The fraction of sp³-hybridized carbons (Fsp3) is 0.412. The monoisotopic (exact) mass is 272 g/mol. The minimum atomic E-state index is 0.327. The van der Waals surface area contributed by atoms with Gasteiger partial charge in [0.15, 0.2) is 0 Å². The molecule has 0 fully saturated rings. The van der Waals surface area contributed by atoms with Crippen molar-refractivity contribution in [1.82, 2.24) is 5.43 Å². The van der Waals surface area contributed by atoms with Gasteiger partial charge in [-0.2, -0.15) is 0 Å². The molecule has 0 amide bonds. The van der Waals surface area contributed by atoms with E-state index in [2.05, 4.69) is 47.9 Å². The maximum Gasteiger partial charge on any atom is 0.0462 e. The van der Waals surface area contributed by atoms with Crippen molar-refractivity contribution in [3.63, 3.8) is 0 Å². The van der Waals surface area contributed by atoms with Gasteiger partial charge in [0.25, 0.3) is 0 Å². The molecule has 1 atom stereocenters. The Balaban J connectivity index is 1.94. The summed E-state index contributed by atoms with van der Waals surface area (Å²) >= 11 is 0. The molecule has 0 heterocycles. The number of rotatable bonds is 8. The normalized spacial score (nSPS) is 12.7. The molecule has 3 heteroatoms. The van der Waals surface area contributed by atoms with Gasteiger partial charge in [0.1, 0.15) is 0 Å². The zero-order valence-electron chi connectivity index (χ0n) is 12.1. The second-order valence-corrected chi connectivity index (χ2v) is 5.24. The van der Waals surface area contributed by atoms with Crippen LogP contribution in [0.4, 0.5) is 0 Å². The molecule has 0 aliphatic carbocycles. The fourth-order valence-electron chi connectivity index (χ4n) is 2.53. The molecule has 0 radical (unpaired) electrons. The van der Waals surface area contributed by atoms with E-state index in [1.54, 1.807) is 7.11 Å². The summed E-state index contributed by atoms with van der Waals surface area (Å²) in [5.41, 5.74) is 4.27. The van der Waals surface area contributed by atoms with Gasteiger partial charge in [0.2, 0.25) is 0 Å². The summed E-state index contributed by atoms with van der Waals surface area (Å²) in [6.45, 7) is 0.827. The minimum Gasteiger partial charge on any atom is -0.385 e. The van der Waals surface area contributed by atoms with E-state index in [1.807, 2.05) is 0 Å². The molecule has 2 aromatic carbocycles. The second-order valence-electron chi connectivity index (χ2n) is 5.24. The van der Waals surface area contributed by atoms with Crippen LogP contribution < -0.4 is 11.3 Å². The number of fused-ring (bicyclic) bond motifs is 1. The number of ether oxygens (including phenoxy) is 1. The first kappa shape index (κ1) is 15.0. The molecule has 0 aromatic heterocycles. The first-order valence-electron chi connectivity index (χ1n) is 7.26. The van der Waals surface area contributed by atoms with Crippen molar-refractivity contribution in [2.45, 2.75) is 31.7 Å². The summed E-state index contributed by atoms with van der Waals surface area (Å²) in [6.07, 6.45) is 4.27. The van der Waals surface area contributed by atoms with Gasteiger partial charge in [-0.25, -0.2) is 0 Å². The average Bonchev–Trinajstić information content (AvgIpc) is 2.50. The van der Waals surface area contributed by atoms with Gasteiger partial charge in [-0.05, 0) is 42.0 Å². The van der Waals surface area contributed by atoms with Crippen LogP contribution in [-0.4, -0.2) is 19.8 Å². The summed E-state index contributed by atoms with van der Waals surface area (Å²) in [7, 11) is 1.74. The van der Waals surface area contributed by atoms with Crippen LogP contribution in [0.15, 0.2) is 42.5 Å². The van der Waals surface area contributed by atoms with E-state index < -0.39 is 0 Å². The maximum atomic E-state index is 5.67. The van der Waals surface area contributed by atoms with E-state index in [-0.39, 0.29) is 0 Å². The van der Waals surface area contributed by atoms with Gasteiger partial charge in [0, 0.05) is 19.8 Å². The van der Waals surface area contributed by atoms with Gasteiger partial charge < -0.3 is 4.74 Å². The Labute approximate surface area is 121 Å². The molecule has 108 valence electrons. The van der Waals surface area contributed by atoms with Crippen LogP contribution in [0.2, 0.25) is 0 Å². The number of unbranched alkanes of at least 4 members (excludes halogenated alkanes) is 1. The number of benzene rings is 2. The van der Waals surface area contributed by atoms with Crippen molar-refractivity contribution >= 4 is 10.8 Å². The molecule has 0 bridgehead atoms. The summed E-state index contributed by atoms with van der Waals surface area (Å²) in [6, 6.07) is 15.4. The third-order valence-corrected chi connectivity index (χ3v) is 3.68. The Bertz CT molecular complexity index is 527. The molecule has 0 aliphatic heterocycles. The molecular weight excluding hydrogens is 248 g/mol. The minimum absolute atomic E-state index is 0.327. The van der Waals surface area contributed by atoms with Crippen LogP contribution in [0, 0.1) is 0 Å². The summed E-state index contributed by atoms with van der Waals surface area (Å²) in [5, 5.41) is 2.58. The molecule has 2 rings (SSSR count). The SMILES string of the molecule is COCCCCC(Cc1ccc2ccccc2c1)NN. The quantitative estimate of drug-likeness (QED) is 0.441. The zero-order chi connectivity index (χ0) is 14.2. The Morgan fingerprint density at radius 2 is 1.90 bits per heavy atom. The van der Waals surface area contributed by atoms with Crippen molar-refractivity contribution in [1.29, 1.82) is 0 Å². The largest absolute Gasteiger partial charge is 0.385 e. The summed E-state index contributed by atoms with van der Waals surface area (Å²) in [4.78, 5) is 0. The Kier molecular flexibility index (Phi) is 5.99. The first-order chi connectivity index (χ1) is 9.83. The zero-order valence-corrected chi connectivity index (χ0v) is 12.1. The van der Waals surface area contributed by atoms with E-state index in [0.717, 1.165) is 32.3 Å². The highest BCUT2D eigenvalue weighted by atomic mass is 16.5. The molecule has 0 saturated carbocycles. The van der Waals surface area contributed by atoms with Crippen molar-refractivity contribution in [3.05, 3.63) is 48.0 Å². The van der Waals surface area contributed by atoms with Crippen molar-refractivity contribution < 1.29 is 4.74 Å². The van der Waals surface area contributed by atoms with Crippen LogP contribution in [0.5, 0.6) is 0 Å². The van der Waals surface area contributed by atoms with Crippen LogP contribution in [-0.2, 0) is 11.2 Å². The molecule has 1 unspecified atom stereocenters. The predicted octanol–water partition coefficient (Wildman–Crippen LogP) is 3.03. The van der Waals surface area contributed by atoms with E-state index in [0.29, 0.717) is 6.04 Å². The molecule has 2 aromatic rings. The maximum absolute atomic E-state index is 5.67. The van der Waals surface area contributed by atoms with E-state index in [1.165, 1.54) is 16.3 Å². The third kappa shape index (κ3) is 4.30. The lowest BCUT2D eigenvalue weighted by atomic mass is 9.99. The highest BCUT2D eigenvalue weighted by molar-refractivity contribution is 5.82. The van der Waals surface area contributed by atoms with Crippen LogP contribution in [0.3, 0.4) is 0 Å². The van der Waals surface area contributed by atoms with Gasteiger partial charge in [0.05, 0.1) is 0 Å². The lowest BCUT2D eigenvalue weighted by Crippen LogP contribution is -2.36. The number of hydrazine groups is 1. The molecule has 0 aliphatic rings. The smallest absolute Gasteiger partial charge is 0.0462 e. The standard InChI is InChI=1S/C17H24N2O/c1-20-11-5-4-8-17(19-18)13-14-9-10-15-6-2-3-7-16(15)12-14/h2-3,6-7,9-10,12,17,19H,4-5,8,11,13,18H2,1H3. The van der Waals surface area contributed by atoms with Gasteiger partial charge >= 0.3 is 0 Å². The van der Waals surface area contributed by atoms with Crippen LogP contribution >= 0.6 is 0 Å². The van der Waals surface area contributed by atoms with E-state index in [4.69, 9.17) is 10.6 Å². The third-order valence-electron chi connectivity index (χ3n) is 3.68. The van der Waals surface area contributed by atoms with Crippen molar-refractivity contribution in [3.8, 4) is 0 Å². The van der Waals surface area contributed by atoms with Crippen molar-refractivity contribution in [2.24, 2.45) is 5.84 Å². The average molecular weight is 272 g/mol. The summed E-state index contributed by atoms with van der Waals surface area (Å²) < 4.78 is 5.07. The number of nitrogens with two attached hydrogens (primary N) is 1. The van der Waals surface area contributed by atoms with Crippen molar-refractivity contribution in [2.75, 3.05) is 13.7 Å². The van der Waals surface area contributed by atoms with Gasteiger partial charge in [-0.1, -0.05) is 42.5 Å². The molecule has 0 saturated heterocycles. The number of methoxy groups -OCH3 is 1. The number of hydrogen-bond acceptors (Lipinski definition) is 3. The highest BCUT2D eigenvalue weighted by Crippen LogP contribution is 2.17. The molecule has 3 N–H and O–H groups in total. The van der Waals surface area contributed by atoms with Gasteiger partial charge in [-0.15, -0.1) is 0 Å². The predicted molar refractivity (Wildman–Crippen MR) is 84.5 cm³/mol. The van der Waals surface area contributed by atoms with E-state index >= 15 is 0 Å². The number of nitrogens with one attached hydrogen (secondary N) is 1. The summed E-state index contributed by atoms with van der Waals surface area (Å²) in [5.74, 6) is 5.67. The molecular formula is C17H24N2O. The highest BCUT2D eigenvalue weighted by Gasteiger charge is 2.08. The lowest BCUT2D eigenvalue weighted by Gasteiger charge is -2.16. The topological polar surface area (TPSA) is 47.3 Å². The lowest BCUT2D eigenvalue weighted by molar-refractivity contribution is 0.191. The van der Waals surface area contributed by atoms with Crippen LogP contribution in [0.1, 0.15) is 24.8 Å². The molecule has 20 heavy (non-hydrogen) atoms. The molecule has 3 nitrogen and oxygen atoms in total. The van der Waals surface area contributed by atoms with Crippen LogP contribution in [0.25, 0.3) is 10.8 Å². The Morgan fingerprint density at radius 1 is 1.10 bits per heavy atom. The fourth-order valence-corrected chi connectivity index (χ4v) is 2.53.